The number of carbonyl (C=O) groups is 2. The molecule has 28 heavy (non-hydrogen) atoms. The molecule has 0 fully saturated rings. The highest BCUT2D eigenvalue weighted by Gasteiger charge is 2.24. The molecule has 0 unspecified atom stereocenters. The van der Waals surface area contributed by atoms with Gasteiger partial charge in [-0.15, -0.1) is 0 Å². The summed E-state index contributed by atoms with van der Waals surface area (Å²) in [5.74, 6) is -0.462. The van der Waals surface area contributed by atoms with Crippen molar-refractivity contribution in [2.24, 2.45) is 4.99 Å². The topological polar surface area (TPSA) is 108 Å². The fraction of sp³-hybridized carbons (Fsp3) is 0.150. The van der Waals surface area contributed by atoms with E-state index in [-0.39, 0.29) is 17.3 Å². The van der Waals surface area contributed by atoms with E-state index in [4.69, 9.17) is 9.47 Å². The molecule has 0 radical (unpaired) electrons. The molecular formula is C20H16N2O6. The summed E-state index contributed by atoms with van der Waals surface area (Å²) in [6.07, 6.45) is 1.57. The maximum Gasteiger partial charge on any atom is 0.363 e. The van der Waals surface area contributed by atoms with Crippen LogP contribution in [0.5, 0.6) is 5.75 Å². The van der Waals surface area contributed by atoms with Gasteiger partial charge in [0.1, 0.15) is 5.75 Å². The molecule has 0 bridgehead atoms. The number of aliphatic imine (C=N–C) groups is 1. The van der Waals surface area contributed by atoms with Crippen molar-refractivity contribution >= 4 is 29.6 Å². The molecule has 0 amide bonds. The van der Waals surface area contributed by atoms with Gasteiger partial charge >= 0.3 is 11.9 Å². The van der Waals surface area contributed by atoms with Crippen molar-refractivity contribution in [1.82, 2.24) is 0 Å². The van der Waals surface area contributed by atoms with Crippen LogP contribution in [-0.2, 0) is 14.3 Å². The third-order valence-electron chi connectivity index (χ3n) is 3.98. The van der Waals surface area contributed by atoms with Crippen LogP contribution in [0.4, 0.5) is 5.69 Å². The van der Waals surface area contributed by atoms with E-state index in [1.54, 1.807) is 32.1 Å². The van der Waals surface area contributed by atoms with Gasteiger partial charge in [-0.25, -0.2) is 9.79 Å². The van der Waals surface area contributed by atoms with E-state index in [9.17, 15) is 19.7 Å². The molecule has 8 heteroatoms. The quantitative estimate of drug-likeness (QED) is 0.264. The number of nitro groups is 1. The number of ether oxygens (including phenoxy) is 2. The van der Waals surface area contributed by atoms with Crippen molar-refractivity contribution in [2.45, 2.75) is 20.8 Å². The van der Waals surface area contributed by atoms with Crippen LogP contribution < -0.4 is 4.74 Å². The fourth-order valence-corrected chi connectivity index (χ4v) is 2.79. The van der Waals surface area contributed by atoms with Crippen molar-refractivity contribution in [3.8, 4) is 5.75 Å². The van der Waals surface area contributed by atoms with Gasteiger partial charge in [-0.1, -0.05) is 0 Å². The van der Waals surface area contributed by atoms with Crippen LogP contribution in [0, 0.1) is 24.0 Å². The predicted molar refractivity (Wildman–Crippen MR) is 101 cm³/mol. The molecule has 0 N–H and O–H groups in total. The number of carbonyl (C=O) groups excluding carboxylic acids is 2. The first kappa shape index (κ1) is 19.0. The Morgan fingerprint density at radius 3 is 2.32 bits per heavy atom. The first-order valence-electron chi connectivity index (χ1n) is 8.31. The number of benzene rings is 2. The Balaban J connectivity index is 1.91. The molecule has 3 rings (SSSR count). The summed E-state index contributed by atoms with van der Waals surface area (Å²) >= 11 is 0. The monoisotopic (exact) mass is 380 g/mol. The standard InChI is InChI=1S/C20H16N2O6/c1-11-8-14(9-12(2)18(11)27-13(3)23)10-17-20(24)28-19(21-17)15-4-6-16(7-5-15)22(25)26/h4-10H,1-3H3/b17-10-. The highest BCUT2D eigenvalue weighted by molar-refractivity contribution is 6.12. The molecule has 1 heterocycles. The lowest BCUT2D eigenvalue weighted by Crippen LogP contribution is -2.05. The summed E-state index contributed by atoms with van der Waals surface area (Å²) in [7, 11) is 0. The van der Waals surface area contributed by atoms with Gasteiger partial charge < -0.3 is 9.47 Å². The number of non-ortho nitro benzene ring substituents is 1. The Morgan fingerprint density at radius 2 is 1.79 bits per heavy atom. The van der Waals surface area contributed by atoms with E-state index in [1.165, 1.54) is 31.2 Å². The van der Waals surface area contributed by atoms with Crippen molar-refractivity contribution in [3.05, 3.63) is 74.5 Å². The highest BCUT2D eigenvalue weighted by Crippen LogP contribution is 2.27. The molecule has 1 aliphatic heterocycles. The Labute approximate surface area is 160 Å². The minimum absolute atomic E-state index is 0.0664. The lowest BCUT2D eigenvalue weighted by Gasteiger charge is -2.10. The van der Waals surface area contributed by atoms with Gasteiger partial charge in [-0.2, -0.15) is 0 Å². The van der Waals surface area contributed by atoms with Crippen LogP contribution in [0.1, 0.15) is 29.2 Å². The van der Waals surface area contributed by atoms with Gasteiger partial charge in [0.05, 0.1) is 4.92 Å². The second kappa shape index (κ2) is 7.43. The van der Waals surface area contributed by atoms with E-state index < -0.39 is 16.9 Å². The van der Waals surface area contributed by atoms with Crippen LogP contribution in [0.3, 0.4) is 0 Å². The Hall–Kier alpha value is -3.81. The number of nitrogens with zero attached hydrogens (tertiary/aromatic N) is 2. The Kier molecular flexibility index (Phi) is 5.04. The number of cyclic esters (lactones) is 1. The maximum absolute atomic E-state index is 12.1. The minimum atomic E-state index is -0.618. The van der Waals surface area contributed by atoms with Crippen molar-refractivity contribution in [3.63, 3.8) is 0 Å². The van der Waals surface area contributed by atoms with Crippen LogP contribution in [-0.4, -0.2) is 22.8 Å². The van der Waals surface area contributed by atoms with Crippen LogP contribution >= 0.6 is 0 Å². The van der Waals surface area contributed by atoms with Crippen LogP contribution in [0.2, 0.25) is 0 Å². The highest BCUT2D eigenvalue weighted by atomic mass is 16.6. The Bertz CT molecular complexity index is 1030. The average Bonchev–Trinajstić information content (AvgIpc) is 2.99. The summed E-state index contributed by atoms with van der Waals surface area (Å²) in [6.45, 7) is 4.93. The van der Waals surface area contributed by atoms with E-state index in [2.05, 4.69) is 4.99 Å². The number of hydrogen-bond donors (Lipinski definition) is 0. The van der Waals surface area contributed by atoms with E-state index in [1.807, 2.05) is 0 Å². The molecule has 0 saturated carbocycles. The van der Waals surface area contributed by atoms with Gasteiger partial charge in [0, 0.05) is 24.6 Å². The average molecular weight is 380 g/mol. The van der Waals surface area contributed by atoms with Crippen molar-refractivity contribution in [2.75, 3.05) is 0 Å². The lowest BCUT2D eigenvalue weighted by molar-refractivity contribution is -0.384. The third-order valence-corrected chi connectivity index (χ3v) is 3.98. The first-order valence-corrected chi connectivity index (χ1v) is 8.31. The molecule has 0 aliphatic carbocycles. The SMILES string of the molecule is CC(=O)Oc1c(C)cc(/C=C2\N=C(c3ccc([N+](=O)[O-])cc3)OC2=O)cc1C. The molecule has 0 aromatic heterocycles. The molecule has 0 saturated heterocycles. The van der Waals surface area contributed by atoms with Gasteiger partial charge in [0.25, 0.3) is 5.69 Å². The molecule has 2 aromatic rings. The van der Waals surface area contributed by atoms with Gasteiger partial charge in [0.15, 0.2) is 5.70 Å². The van der Waals surface area contributed by atoms with E-state index in [0.717, 1.165) is 11.1 Å². The summed E-state index contributed by atoms with van der Waals surface area (Å²) in [5.41, 5.74) is 2.68. The molecule has 8 nitrogen and oxygen atoms in total. The summed E-state index contributed by atoms with van der Waals surface area (Å²) in [6, 6.07) is 9.10. The second-order valence-electron chi connectivity index (χ2n) is 6.22. The number of esters is 2. The van der Waals surface area contributed by atoms with Gasteiger partial charge in [-0.05, 0) is 60.9 Å². The fourth-order valence-electron chi connectivity index (χ4n) is 2.79. The summed E-state index contributed by atoms with van der Waals surface area (Å²) in [5, 5.41) is 10.7. The molecule has 1 aliphatic rings. The maximum atomic E-state index is 12.1. The summed E-state index contributed by atoms with van der Waals surface area (Å²) < 4.78 is 10.4. The van der Waals surface area contributed by atoms with Crippen LogP contribution in [0.15, 0.2) is 47.1 Å². The zero-order chi connectivity index (χ0) is 20.4. The molecule has 2 aromatic carbocycles. The third kappa shape index (κ3) is 3.96. The zero-order valence-electron chi connectivity index (χ0n) is 15.4. The molecular weight excluding hydrogens is 364 g/mol. The van der Waals surface area contributed by atoms with E-state index in [0.29, 0.717) is 16.9 Å². The summed E-state index contributed by atoms with van der Waals surface area (Å²) in [4.78, 5) is 37.7. The largest absolute Gasteiger partial charge is 0.426 e. The smallest absolute Gasteiger partial charge is 0.363 e. The number of hydrogen-bond acceptors (Lipinski definition) is 7. The molecule has 0 spiro atoms. The van der Waals surface area contributed by atoms with E-state index >= 15 is 0 Å². The van der Waals surface area contributed by atoms with Crippen molar-refractivity contribution < 1.29 is 24.0 Å². The second-order valence-corrected chi connectivity index (χ2v) is 6.22. The van der Waals surface area contributed by atoms with Gasteiger partial charge in [0.2, 0.25) is 5.90 Å². The normalized spacial score (nSPS) is 14.6. The van der Waals surface area contributed by atoms with Gasteiger partial charge in [-0.3, -0.25) is 14.9 Å². The number of rotatable bonds is 4. The Morgan fingerprint density at radius 1 is 1.18 bits per heavy atom. The van der Waals surface area contributed by atoms with Crippen molar-refractivity contribution in [1.29, 1.82) is 0 Å². The first-order chi connectivity index (χ1) is 13.2. The zero-order valence-corrected chi connectivity index (χ0v) is 15.4. The molecule has 142 valence electrons. The van der Waals surface area contributed by atoms with Crippen LogP contribution in [0.25, 0.3) is 6.08 Å². The molecule has 0 atom stereocenters. The lowest BCUT2D eigenvalue weighted by atomic mass is 10.0. The number of aryl methyl sites for hydroxylation is 2. The number of nitro benzene ring substituents is 1. The predicted octanol–water partition coefficient (Wildman–Crippen LogP) is 3.48. The minimum Gasteiger partial charge on any atom is -0.426 e.